The molecule has 1 aromatic rings. The first-order valence-electron chi connectivity index (χ1n) is 9.42. The standard InChI is InChI=1S/C20H29N3O5/c1-20(2,3)28-19(27)23-11-9-22(10-12-23)14-15(18(25)26)13-17(24)21-16-7-5-4-6-8-16/h4-8,15H,9-14H2,1-3H3,(H,21,24)(H,25,26)/t15-/m1/s1. The summed E-state index contributed by atoms with van der Waals surface area (Å²) >= 11 is 0. The van der Waals surface area contributed by atoms with E-state index in [1.165, 1.54) is 0 Å². The molecule has 1 fully saturated rings. The van der Waals surface area contributed by atoms with E-state index in [1.807, 2.05) is 31.7 Å². The summed E-state index contributed by atoms with van der Waals surface area (Å²) in [6.07, 6.45) is -0.458. The zero-order valence-corrected chi connectivity index (χ0v) is 16.7. The van der Waals surface area contributed by atoms with Crippen LogP contribution >= 0.6 is 0 Å². The van der Waals surface area contributed by atoms with Gasteiger partial charge in [-0.1, -0.05) is 18.2 Å². The molecule has 28 heavy (non-hydrogen) atoms. The fraction of sp³-hybridized carbons (Fsp3) is 0.550. The zero-order chi connectivity index (χ0) is 20.7. The van der Waals surface area contributed by atoms with E-state index in [2.05, 4.69) is 5.32 Å². The molecule has 1 aromatic carbocycles. The molecule has 2 rings (SSSR count). The minimum Gasteiger partial charge on any atom is -0.481 e. The first-order chi connectivity index (χ1) is 13.1. The molecule has 1 heterocycles. The molecule has 1 aliphatic heterocycles. The Bertz CT molecular complexity index is 679. The molecule has 0 unspecified atom stereocenters. The average molecular weight is 391 g/mol. The van der Waals surface area contributed by atoms with Crippen molar-refractivity contribution in [2.24, 2.45) is 5.92 Å². The summed E-state index contributed by atoms with van der Waals surface area (Å²) in [5, 5.41) is 12.2. The number of aliphatic carboxylic acids is 1. The smallest absolute Gasteiger partial charge is 0.410 e. The number of hydrogen-bond donors (Lipinski definition) is 2. The molecule has 2 N–H and O–H groups in total. The van der Waals surface area contributed by atoms with Crippen LogP contribution < -0.4 is 5.32 Å². The number of carboxylic acids is 1. The van der Waals surface area contributed by atoms with E-state index in [-0.39, 0.29) is 25.0 Å². The van der Waals surface area contributed by atoms with Crippen molar-refractivity contribution in [3.05, 3.63) is 30.3 Å². The number of anilines is 1. The predicted molar refractivity (Wildman–Crippen MR) is 105 cm³/mol. The number of amides is 2. The third kappa shape index (κ3) is 7.19. The number of benzene rings is 1. The summed E-state index contributed by atoms with van der Waals surface area (Å²) in [6.45, 7) is 7.75. The van der Waals surface area contributed by atoms with Crippen LogP contribution in [-0.4, -0.2) is 71.2 Å². The summed E-state index contributed by atoms with van der Waals surface area (Å²) in [5.41, 5.74) is 0.0944. The third-order valence-electron chi connectivity index (χ3n) is 4.34. The Hall–Kier alpha value is -2.61. The van der Waals surface area contributed by atoms with Crippen LogP contribution in [0.25, 0.3) is 0 Å². The summed E-state index contributed by atoms with van der Waals surface area (Å²) in [7, 11) is 0. The van der Waals surface area contributed by atoms with Gasteiger partial charge in [0.1, 0.15) is 5.60 Å². The Morgan fingerprint density at radius 2 is 1.71 bits per heavy atom. The van der Waals surface area contributed by atoms with Gasteiger partial charge >= 0.3 is 12.1 Å². The van der Waals surface area contributed by atoms with Crippen molar-refractivity contribution < 1.29 is 24.2 Å². The van der Waals surface area contributed by atoms with Crippen LogP contribution in [0.5, 0.6) is 0 Å². The lowest BCUT2D eigenvalue weighted by molar-refractivity contribution is -0.144. The fourth-order valence-electron chi connectivity index (χ4n) is 2.94. The van der Waals surface area contributed by atoms with Crippen LogP contribution in [0, 0.1) is 5.92 Å². The number of nitrogens with one attached hydrogen (secondary N) is 1. The van der Waals surface area contributed by atoms with Gasteiger partial charge in [0.05, 0.1) is 5.92 Å². The van der Waals surface area contributed by atoms with Gasteiger partial charge in [0.2, 0.25) is 5.91 Å². The first-order valence-corrected chi connectivity index (χ1v) is 9.42. The van der Waals surface area contributed by atoms with Crippen molar-refractivity contribution in [1.82, 2.24) is 9.80 Å². The average Bonchev–Trinajstić information content (AvgIpc) is 2.61. The molecule has 0 spiro atoms. The molecule has 2 amide bonds. The van der Waals surface area contributed by atoms with Crippen molar-refractivity contribution in [1.29, 1.82) is 0 Å². The van der Waals surface area contributed by atoms with Crippen LogP contribution in [0.2, 0.25) is 0 Å². The highest BCUT2D eigenvalue weighted by molar-refractivity contribution is 5.93. The van der Waals surface area contributed by atoms with E-state index in [0.29, 0.717) is 31.9 Å². The minimum absolute atomic E-state index is 0.101. The second-order valence-corrected chi connectivity index (χ2v) is 7.92. The number of carbonyl (C=O) groups excluding carboxylic acids is 2. The summed E-state index contributed by atoms with van der Waals surface area (Å²) < 4.78 is 5.36. The quantitative estimate of drug-likeness (QED) is 0.772. The molecular weight excluding hydrogens is 362 g/mol. The third-order valence-corrected chi connectivity index (χ3v) is 4.34. The molecule has 8 nitrogen and oxygen atoms in total. The van der Waals surface area contributed by atoms with Crippen LogP contribution in [0.3, 0.4) is 0 Å². The molecule has 0 aliphatic carbocycles. The van der Waals surface area contributed by atoms with Crippen LogP contribution in [-0.2, 0) is 14.3 Å². The highest BCUT2D eigenvalue weighted by Crippen LogP contribution is 2.15. The highest BCUT2D eigenvalue weighted by atomic mass is 16.6. The van der Waals surface area contributed by atoms with E-state index >= 15 is 0 Å². The minimum atomic E-state index is -1.00. The SMILES string of the molecule is CC(C)(C)OC(=O)N1CCN(C[C@@H](CC(=O)Nc2ccccc2)C(=O)O)CC1. The Balaban J connectivity index is 1.82. The number of carboxylic acid groups (broad SMARTS) is 1. The Labute approximate surface area is 165 Å². The normalized spacial score (nSPS) is 16.3. The number of carbonyl (C=O) groups is 3. The Morgan fingerprint density at radius 3 is 2.25 bits per heavy atom. The van der Waals surface area contributed by atoms with Gasteiger partial charge in [-0.05, 0) is 32.9 Å². The molecule has 154 valence electrons. The molecule has 0 aromatic heterocycles. The van der Waals surface area contributed by atoms with Crippen molar-refractivity contribution in [3.8, 4) is 0 Å². The van der Waals surface area contributed by atoms with Gasteiger partial charge in [0.15, 0.2) is 0 Å². The van der Waals surface area contributed by atoms with Crippen LogP contribution in [0.4, 0.5) is 10.5 Å². The molecule has 1 saturated heterocycles. The van der Waals surface area contributed by atoms with E-state index in [1.54, 1.807) is 29.2 Å². The molecule has 8 heteroatoms. The number of rotatable bonds is 6. The van der Waals surface area contributed by atoms with E-state index in [4.69, 9.17) is 4.74 Å². The lowest BCUT2D eigenvalue weighted by atomic mass is 10.0. The second kappa shape index (κ2) is 9.54. The predicted octanol–water partition coefficient (Wildman–Crippen LogP) is 2.27. The van der Waals surface area contributed by atoms with Gasteiger partial charge in [-0.2, -0.15) is 0 Å². The van der Waals surface area contributed by atoms with Gasteiger partial charge in [-0.15, -0.1) is 0 Å². The molecule has 1 aliphatic rings. The number of piperazine rings is 1. The van der Waals surface area contributed by atoms with Gasteiger partial charge in [-0.3, -0.25) is 14.5 Å². The van der Waals surface area contributed by atoms with Crippen molar-refractivity contribution in [2.75, 3.05) is 38.0 Å². The van der Waals surface area contributed by atoms with E-state index < -0.39 is 17.5 Å². The maximum Gasteiger partial charge on any atom is 0.410 e. The highest BCUT2D eigenvalue weighted by Gasteiger charge is 2.29. The number of ether oxygens (including phenoxy) is 1. The maximum atomic E-state index is 12.2. The molecular formula is C20H29N3O5. The topological polar surface area (TPSA) is 99.2 Å². The van der Waals surface area contributed by atoms with Crippen LogP contribution in [0.1, 0.15) is 27.2 Å². The Kier molecular flexibility index (Phi) is 7.39. The maximum absolute atomic E-state index is 12.2. The first kappa shape index (κ1) is 21.7. The summed E-state index contributed by atoms with van der Waals surface area (Å²) in [4.78, 5) is 39.5. The Morgan fingerprint density at radius 1 is 1.11 bits per heavy atom. The fourth-order valence-corrected chi connectivity index (χ4v) is 2.94. The molecule has 0 radical (unpaired) electrons. The van der Waals surface area contributed by atoms with Crippen molar-refractivity contribution >= 4 is 23.7 Å². The lowest BCUT2D eigenvalue weighted by Crippen LogP contribution is -2.51. The van der Waals surface area contributed by atoms with Gasteiger partial charge < -0.3 is 20.1 Å². The second-order valence-electron chi connectivity index (χ2n) is 7.92. The molecule has 0 bridgehead atoms. The number of para-hydroxylation sites is 1. The van der Waals surface area contributed by atoms with Gasteiger partial charge in [0, 0.05) is 44.8 Å². The lowest BCUT2D eigenvalue weighted by Gasteiger charge is -2.36. The van der Waals surface area contributed by atoms with Gasteiger partial charge in [0.25, 0.3) is 0 Å². The van der Waals surface area contributed by atoms with Crippen molar-refractivity contribution in [3.63, 3.8) is 0 Å². The summed E-state index contributed by atoms with van der Waals surface area (Å²) in [5.74, 6) is -2.14. The number of hydrogen-bond acceptors (Lipinski definition) is 5. The molecule has 0 saturated carbocycles. The van der Waals surface area contributed by atoms with Crippen LogP contribution in [0.15, 0.2) is 30.3 Å². The number of nitrogens with zero attached hydrogens (tertiary/aromatic N) is 2. The van der Waals surface area contributed by atoms with Gasteiger partial charge in [-0.25, -0.2) is 4.79 Å². The zero-order valence-electron chi connectivity index (χ0n) is 16.7. The monoisotopic (exact) mass is 391 g/mol. The molecule has 1 atom stereocenters. The largest absolute Gasteiger partial charge is 0.481 e. The van der Waals surface area contributed by atoms with E-state index in [0.717, 1.165) is 0 Å². The summed E-state index contributed by atoms with van der Waals surface area (Å²) in [6, 6.07) is 8.95. The van der Waals surface area contributed by atoms with Crippen molar-refractivity contribution in [2.45, 2.75) is 32.8 Å². The van der Waals surface area contributed by atoms with E-state index in [9.17, 15) is 19.5 Å².